The second-order valence-electron chi connectivity index (χ2n) is 6.83. The van der Waals surface area contributed by atoms with E-state index in [0.717, 1.165) is 30.8 Å². The van der Waals surface area contributed by atoms with Crippen molar-refractivity contribution in [2.75, 3.05) is 13.2 Å². The second kappa shape index (κ2) is 8.35. The molecule has 1 aromatic carbocycles. The third-order valence-corrected chi connectivity index (χ3v) is 4.93. The third-order valence-electron chi connectivity index (χ3n) is 4.93. The van der Waals surface area contributed by atoms with E-state index in [0.29, 0.717) is 12.1 Å². The Hall–Kier alpha value is -3.00. The zero-order chi connectivity index (χ0) is 20.3. The van der Waals surface area contributed by atoms with Gasteiger partial charge in [0.15, 0.2) is 6.61 Å². The highest BCUT2D eigenvalue weighted by Gasteiger charge is 2.22. The van der Waals surface area contributed by atoms with E-state index in [9.17, 15) is 19.7 Å². The molecule has 1 aliphatic rings. The number of rotatable bonds is 7. The number of aryl methyl sites for hydroxylation is 1. The van der Waals surface area contributed by atoms with Gasteiger partial charge < -0.3 is 14.0 Å². The van der Waals surface area contributed by atoms with E-state index in [1.807, 2.05) is 13.8 Å². The van der Waals surface area contributed by atoms with E-state index in [-0.39, 0.29) is 29.7 Å². The minimum Gasteiger partial charge on any atom is -0.454 e. The summed E-state index contributed by atoms with van der Waals surface area (Å²) in [6.45, 7) is 4.89. The maximum atomic E-state index is 12.5. The van der Waals surface area contributed by atoms with Gasteiger partial charge in [0, 0.05) is 42.2 Å². The van der Waals surface area contributed by atoms with E-state index >= 15 is 0 Å². The molecular weight excluding hydrogens is 364 g/mol. The van der Waals surface area contributed by atoms with Crippen LogP contribution in [0.15, 0.2) is 30.3 Å². The van der Waals surface area contributed by atoms with Crippen molar-refractivity contribution < 1.29 is 24.0 Å². The van der Waals surface area contributed by atoms with Gasteiger partial charge in [-0.1, -0.05) is 0 Å². The molecule has 0 bridgehead atoms. The second-order valence-corrected chi connectivity index (χ2v) is 6.83. The number of non-ortho nitro benzene ring substituents is 1. The van der Waals surface area contributed by atoms with E-state index in [4.69, 9.17) is 9.47 Å². The van der Waals surface area contributed by atoms with Gasteiger partial charge in [-0.15, -0.1) is 0 Å². The van der Waals surface area contributed by atoms with Crippen molar-refractivity contribution in [3.05, 3.63) is 63.0 Å². The summed E-state index contributed by atoms with van der Waals surface area (Å²) in [7, 11) is 0. The molecule has 1 aliphatic heterocycles. The number of aromatic nitrogens is 1. The quantitative estimate of drug-likeness (QED) is 0.313. The molecule has 2 aromatic rings. The Morgan fingerprint density at radius 1 is 1.29 bits per heavy atom. The molecule has 1 fully saturated rings. The molecule has 0 amide bonds. The van der Waals surface area contributed by atoms with Crippen LogP contribution >= 0.6 is 0 Å². The number of benzene rings is 1. The first-order valence-corrected chi connectivity index (χ1v) is 9.10. The molecule has 1 atom stereocenters. The molecule has 0 N–H and O–H groups in total. The van der Waals surface area contributed by atoms with Gasteiger partial charge >= 0.3 is 5.97 Å². The largest absolute Gasteiger partial charge is 0.454 e. The number of hydrogen-bond donors (Lipinski definition) is 0. The van der Waals surface area contributed by atoms with Crippen molar-refractivity contribution in [3.8, 4) is 0 Å². The number of nitro benzene ring substituents is 1. The molecule has 1 aromatic heterocycles. The number of nitro groups is 1. The zero-order valence-electron chi connectivity index (χ0n) is 15.8. The van der Waals surface area contributed by atoms with Gasteiger partial charge in [-0.3, -0.25) is 14.9 Å². The lowest BCUT2D eigenvalue weighted by molar-refractivity contribution is -0.384. The standard InChI is InChI=1S/C20H22N2O6/c1-13-10-18(14(2)21(13)11-17-4-3-9-27-17)19(23)12-28-20(24)15-5-7-16(8-6-15)22(25)26/h5-8,10,17H,3-4,9,11-12H2,1-2H3/t17-/m0/s1. The van der Waals surface area contributed by atoms with Crippen LogP contribution in [-0.4, -0.2) is 40.6 Å². The Kier molecular flexibility index (Phi) is 5.89. The van der Waals surface area contributed by atoms with Crippen LogP contribution in [0.25, 0.3) is 0 Å². The van der Waals surface area contributed by atoms with Crippen molar-refractivity contribution >= 4 is 17.4 Å². The number of Topliss-reactive ketones (excluding diaryl/α,β-unsaturated/α-hetero) is 1. The van der Waals surface area contributed by atoms with Crippen LogP contribution in [0.3, 0.4) is 0 Å². The summed E-state index contributed by atoms with van der Waals surface area (Å²) < 4.78 is 12.8. The molecule has 8 nitrogen and oxygen atoms in total. The summed E-state index contributed by atoms with van der Waals surface area (Å²) in [5.74, 6) is -0.988. The summed E-state index contributed by atoms with van der Waals surface area (Å²) in [6, 6.07) is 6.84. The predicted octanol–water partition coefficient (Wildman–Crippen LogP) is 3.23. The van der Waals surface area contributed by atoms with Crippen LogP contribution in [0.5, 0.6) is 0 Å². The smallest absolute Gasteiger partial charge is 0.338 e. The van der Waals surface area contributed by atoms with Crippen LogP contribution in [0.2, 0.25) is 0 Å². The molecular formula is C20H22N2O6. The van der Waals surface area contributed by atoms with Crippen LogP contribution < -0.4 is 0 Å². The molecule has 28 heavy (non-hydrogen) atoms. The molecule has 148 valence electrons. The molecule has 0 radical (unpaired) electrons. The van der Waals surface area contributed by atoms with E-state index < -0.39 is 10.9 Å². The van der Waals surface area contributed by atoms with E-state index in [1.54, 1.807) is 6.07 Å². The topological polar surface area (TPSA) is 101 Å². The van der Waals surface area contributed by atoms with E-state index in [1.165, 1.54) is 24.3 Å². The van der Waals surface area contributed by atoms with Gasteiger partial charge in [0.1, 0.15) is 0 Å². The average molecular weight is 386 g/mol. The summed E-state index contributed by atoms with van der Waals surface area (Å²) in [4.78, 5) is 34.7. The van der Waals surface area contributed by atoms with Crippen molar-refractivity contribution in [2.24, 2.45) is 0 Å². The van der Waals surface area contributed by atoms with Gasteiger partial charge in [0.05, 0.1) is 16.6 Å². The Bertz CT molecular complexity index is 894. The lowest BCUT2D eigenvalue weighted by atomic mass is 10.1. The summed E-state index contributed by atoms with van der Waals surface area (Å²) in [6.07, 6.45) is 2.22. The lowest BCUT2D eigenvalue weighted by Crippen LogP contribution is -2.18. The van der Waals surface area contributed by atoms with Gasteiger partial charge in [-0.2, -0.15) is 0 Å². The molecule has 8 heteroatoms. The number of esters is 1. The van der Waals surface area contributed by atoms with Crippen LogP contribution in [-0.2, 0) is 16.0 Å². The van der Waals surface area contributed by atoms with E-state index in [2.05, 4.69) is 4.57 Å². The number of hydrogen-bond acceptors (Lipinski definition) is 6. The number of nitrogens with zero attached hydrogens (tertiary/aromatic N) is 2. The number of carbonyl (C=O) groups excluding carboxylic acids is 2. The van der Waals surface area contributed by atoms with Crippen LogP contribution in [0.1, 0.15) is 44.9 Å². The number of ether oxygens (including phenoxy) is 2. The first-order chi connectivity index (χ1) is 13.4. The fourth-order valence-electron chi connectivity index (χ4n) is 3.37. The van der Waals surface area contributed by atoms with Crippen molar-refractivity contribution in [2.45, 2.75) is 39.3 Å². The lowest BCUT2D eigenvalue weighted by Gasteiger charge is -2.14. The number of carbonyl (C=O) groups is 2. The zero-order valence-corrected chi connectivity index (χ0v) is 15.8. The maximum Gasteiger partial charge on any atom is 0.338 e. The normalized spacial score (nSPS) is 16.1. The first kappa shape index (κ1) is 19.8. The van der Waals surface area contributed by atoms with Crippen molar-refractivity contribution in [1.29, 1.82) is 0 Å². The summed E-state index contributed by atoms with van der Waals surface area (Å²) >= 11 is 0. The Labute approximate surface area is 162 Å². The Morgan fingerprint density at radius 3 is 2.61 bits per heavy atom. The van der Waals surface area contributed by atoms with Gasteiger partial charge in [0.2, 0.25) is 5.78 Å². The predicted molar refractivity (Wildman–Crippen MR) is 101 cm³/mol. The van der Waals surface area contributed by atoms with Crippen LogP contribution in [0, 0.1) is 24.0 Å². The molecule has 0 aliphatic carbocycles. The SMILES string of the molecule is Cc1cc(C(=O)COC(=O)c2ccc([N+](=O)[O-])cc2)c(C)n1C[C@@H]1CCCO1. The Balaban J connectivity index is 1.62. The summed E-state index contributed by atoms with van der Waals surface area (Å²) in [5, 5.41) is 10.7. The highest BCUT2D eigenvalue weighted by Crippen LogP contribution is 2.21. The van der Waals surface area contributed by atoms with Gasteiger partial charge in [-0.05, 0) is 44.9 Å². The highest BCUT2D eigenvalue weighted by atomic mass is 16.6. The van der Waals surface area contributed by atoms with Gasteiger partial charge in [0.25, 0.3) is 5.69 Å². The molecule has 1 saturated heterocycles. The Morgan fingerprint density at radius 2 is 2.00 bits per heavy atom. The van der Waals surface area contributed by atoms with Gasteiger partial charge in [-0.25, -0.2) is 4.79 Å². The molecule has 0 saturated carbocycles. The average Bonchev–Trinajstić information content (AvgIpc) is 3.29. The minimum absolute atomic E-state index is 0.119. The molecule has 0 spiro atoms. The van der Waals surface area contributed by atoms with Crippen LogP contribution in [0.4, 0.5) is 5.69 Å². The molecule has 2 heterocycles. The molecule has 0 unspecified atom stereocenters. The number of ketones is 1. The van der Waals surface area contributed by atoms with Crippen molar-refractivity contribution in [3.63, 3.8) is 0 Å². The maximum absolute atomic E-state index is 12.5. The third kappa shape index (κ3) is 4.28. The monoisotopic (exact) mass is 386 g/mol. The fraction of sp³-hybridized carbons (Fsp3) is 0.400. The highest BCUT2D eigenvalue weighted by molar-refractivity contribution is 6.00. The first-order valence-electron chi connectivity index (χ1n) is 9.10. The summed E-state index contributed by atoms with van der Waals surface area (Å²) in [5.41, 5.74) is 2.34. The molecule has 3 rings (SSSR count). The fourth-order valence-corrected chi connectivity index (χ4v) is 3.37. The minimum atomic E-state index is -0.698. The van der Waals surface area contributed by atoms with Crippen molar-refractivity contribution in [1.82, 2.24) is 4.57 Å².